The van der Waals surface area contributed by atoms with Gasteiger partial charge >= 0.3 is 0 Å². The van der Waals surface area contributed by atoms with Gasteiger partial charge in [0.25, 0.3) is 5.91 Å². The number of nitrogens with one attached hydrogen (secondary N) is 1. The predicted molar refractivity (Wildman–Crippen MR) is 86.2 cm³/mol. The van der Waals surface area contributed by atoms with Crippen LogP contribution in [0.5, 0.6) is 0 Å². The van der Waals surface area contributed by atoms with E-state index in [4.69, 9.17) is 10.8 Å². The second-order valence-electron chi connectivity index (χ2n) is 6.70. The SMILES string of the molecule is CC(C)(C)c1nc(CN2CCCCCC2)sc1C(=O)NN. The first-order valence-corrected chi connectivity index (χ1v) is 8.47. The predicted octanol–water partition coefficient (Wildman–Crippen LogP) is 2.42. The van der Waals surface area contributed by atoms with Gasteiger partial charge in [0.15, 0.2) is 0 Å². The number of amides is 1. The molecule has 6 heteroatoms. The Morgan fingerprint density at radius 2 is 1.90 bits per heavy atom. The molecule has 1 aliphatic heterocycles. The second-order valence-corrected chi connectivity index (χ2v) is 7.78. The average Bonchev–Trinajstić information content (AvgIpc) is 2.68. The quantitative estimate of drug-likeness (QED) is 0.511. The van der Waals surface area contributed by atoms with Gasteiger partial charge in [-0.2, -0.15) is 0 Å². The molecule has 2 heterocycles. The molecule has 5 nitrogen and oxygen atoms in total. The number of likely N-dealkylation sites (tertiary alicyclic amines) is 1. The van der Waals surface area contributed by atoms with Gasteiger partial charge in [-0.15, -0.1) is 11.3 Å². The van der Waals surface area contributed by atoms with Crippen LogP contribution in [0.4, 0.5) is 0 Å². The smallest absolute Gasteiger partial charge is 0.277 e. The lowest BCUT2D eigenvalue weighted by Crippen LogP contribution is -2.31. The summed E-state index contributed by atoms with van der Waals surface area (Å²) in [5.74, 6) is 5.06. The van der Waals surface area contributed by atoms with E-state index in [2.05, 4.69) is 31.1 Å². The monoisotopic (exact) mass is 310 g/mol. The van der Waals surface area contributed by atoms with Gasteiger partial charge < -0.3 is 0 Å². The van der Waals surface area contributed by atoms with Crippen LogP contribution in [-0.2, 0) is 12.0 Å². The van der Waals surface area contributed by atoms with Gasteiger partial charge in [-0.1, -0.05) is 33.6 Å². The largest absolute Gasteiger partial charge is 0.297 e. The molecule has 0 spiro atoms. The minimum Gasteiger partial charge on any atom is -0.297 e. The average molecular weight is 310 g/mol. The number of thiazole rings is 1. The van der Waals surface area contributed by atoms with Gasteiger partial charge in [0.1, 0.15) is 9.88 Å². The molecule has 0 bridgehead atoms. The molecule has 1 aromatic rings. The van der Waals surface area contributed by atoms with E-state index in [0.29, 0.717) is 4.88 Å². The highest BCUT2D eigenvalue weighted by molar-refractivity contribution is 7.13. The van der Waals surface area contributed by atoms with Crippen molar-refractivity contribution >= 4 is 17.2 Å². The zero-order valence-corrected chi connectivity index (χ0v) is 14.1. The van der Waals surface area contributed by atoms with Crippen LogP contribution in [0, 0.1) is 0 Å². The molecule has 0 radical (unpaired) electrons. The topological polar surface area (TPSA) is 71.2 Å². The van der Waals surface area contributed by atoms with E-state index in [0.717, 1.165) is 30.3 Å². The van der Waals surface area contributed by atoms with Crippen molar-refractivity contribution in [2.75, 3.05) is 13.1 Å². The van der Waals surface area contributed by atoms with Crippen molar-refractivity contribution in [2.24, 2.45) is 5.84 Å². The molecule has 1 aliphatic rings. The van der Waals surface area contributed by atoms with Crippen molar-refractivity contribution in [3.05, 3.63) is 15.6 Å². The number of nitrogen functional groups attached to an aromatic ring is 1. The summed E-state index contributed by atoms with van der Waals surface area (Å²) in [6, 6.07) is 0. The van der Waals surface area contributed by atoms with E-state index >= 15 is 0 Å². The van der Waals surface area contributed by atoms with Crippen molar-refractivity contribution in [1.29, 1.82) is 0 Å². The van der Waals surface area contributed by atoms with Gasteiger partial charge in [-0.05, 0) is 25.9 Å². The third-order valence-corrected chi connectivity index (χ3v) is 4.82. The molecule has 0 saturated carbocycles. The minimum absolute atomic E-state index is 0.157. The zero-order chi connectivity index (χ0) is 15.5. The molecule has 21 heavy (non-hydrogen) atoms. The first-order valence-electron chi connectivity index (χ1n) is 7.65. The summed E-state index contributed by atoms with van der Waals surface area (Å²) in [6.07, 6.45) is 5.16. The molecule has 0 atom stereocenters. The van der Waals surface area contributed by atoms with E-state index in [1.807, 2.05) is 0 Å². The lowest BCUT2D eigenvalue weighted by molar-refractivity contribution is 0.0955. The van der Waals surface area contributed by atoms with Crippen LogP contribution in [0.3, 0.4) is 0 Å². The number of hydrazine groups is 1. The highest BCUT2D eigenvalue weighted by Gasteiger charge is 2.27. The highest BCUT2D eigenvalue weighted by Crippen LogP contribution is 2.30. The normalized spacial score (nSPS) is 17.5. The molecule has 1 amide bonds. The van der Waals surface area contributed by atoms with E-state index in [1.165, 1.54) is 37.0 Å². The molecule has 2 rings (SSSR count). The third-order valence-electron chi connectivity index (χ3n) is 3.78. The van der Waals surface area contributed by atoms with Crippen LogP contribution in [0.2, 0.25) is 0 Å². The van der Waals surface area contributed by atoms with Crippen LogP contribution in [-0.4, -0.2) is 28.9 Å². The Hall–Kier alpha value is -0.980. The Morgan fingerprint density at radius 3 is 2.43 bits per heavy atom. The fourth-order valence-electron chi connectivity index (χ4n) is 2.65. The highest BCUT2D eigenvalue weighted by atomic mass is 32.1. The summed E-state index contributed by atoms with van der Waals surface area (Å²) in [4.78, 5) is 19.8. The molecule has 0 aliphatic carbocycles. The van der Waals surface area contributed by atoms with Gasteiger partial charge in [-0.3, -0.25) is 15.1 Å². The first-order chi connectivity index (χ1) is 9.91. The summed E-state index contributed by atoms with van der Waals surface area (Å²) < 4.78 is 0. The lowest BCUT2D eigenvalue weighted by atomic mass is 9.91. The summed E-state index contributed by atoms with van der Waals surface area (Å²) in [5.41, 5.74) is 2.93. The van der Waals surface area contributed by atoms with Crippen molar-refractivity contribution in [1.82, 2.24) is 15.3 Å². The fraction of sp³-hybridized carbons (Fsp3) is 0.733. The molecule has 118 valence electrons. The Labute approximate surface area is 130 Å². The molecular weight excluding hydrogens is 284 g/mol. The number of nitrogens with two attached hydrogens (primary N) is 1. The standard InChI is InChI=1S/C15H26N4OS/c1-15(2,3)13-12(14(20)18-16)21-11(17-13)10-19-8-6-4-5-7-9-19/h4-10,16H2,1-3H3,(H,18,20). The summed E-state index contributed by atoms with van der Waals surface area (Å²) >= 11 is 1.47. The maximum atomic E-state index is 12.0. The molecular formula is C15H26N4OS. The Morgan fingerprint density at radius 1 is 1.29 bits per heavy atom. The van der Waals surface area contributed by atoms with Gasteiger partial charge in [-0.25, -0.2) is 10.8 Å². The molecule has 0 unspecified atom stereocenters. The third kappa shape index (κ3) is 4.25. The van der Waals surface area contributed by atoms with Crippen molar-refractivity contribution < 1.29 is 4.79 Å². The summed E-state index contributed by atoms with van der Waals surface area (Å²) in [5, 5.41) is 1.01. The number of carbonyl (C=O) groups excluding carboxylic acids is 1. The maximum absolute atomic E-state index is 12.0. The van der Waals surface area contributed by atoms with E-state index in [1.54, 1.807) is 0 Å². The fourth-order valence-corrected chi connectivity index (χ4v) is 3.87. The van der Waals surface area contributed by atoms with Gasteiger partial charge in [0.05, 0.1) is 12.2 Å². The van der Waals surface area contributed by atoms with E-state index in [9.17, 15) is 4.79 Å². The number of hydrogen-bond acceptors (Lipinski definition) is 5. The van der Waals surface area contributed by atoms with Crippen LogP contribution >= 0.6 is 11.3 Å². The molecule has 1 fully saturated rings. The van der Waals surface area contributed by atoms with E-state index < -0.39 is 0 Å². The zero-order valence-electron chi connectivity index (χ0n) is 13.2. The second kappa shape index (κ2) is 6.85. The van der Waals surface area contributed by atoms with Crippen LogP contribution in [0.25, 0.3) is 0 Å². The number of rotatable bonds is 3. The molecule has 1 aromatic heterocycles. The molecule has 1 saturated heterocycles. The summed E-state index contributed by atoms with van der Waals surface area (Å²) in [7, 11) is 0. The lowest BCUT2D eigenvalue weighted by Gasteiger charge is -2.18. The number of nitrogens with zero attached hydrogens (tertiary/aromatic N) is 2. The molecule has 0 aromatic carbocycles. The summed E-state index contributed by atoms with van der Waals surface area (Å²) in [6.45, 7) is 9.32. The molecule has 3 N–H and O–H groups in total. The van der Waals surface area contributed by atoms with Gasteiger partial charge in [0, 0.05) is 5.41 Å². The van der Waals surface area contributed by atoms with Crippen molar-refractivity contribution in [3.63, 3.8) is 0 Å². The van der Waals surface area contributed by atoms with Crippen molar-refractivity contribution in [2.45, 2.75) is 58.4 Å². The number of hydrogen-bond donors (Lipinski definition) is 2. The van der Waals surface area contributed by atoms with E-state index in [-0.39, 0.29) is 11.3 Å². The van der Waals surface area contributed by atoms with Crippen LogP contribution < -0.4 is 11.3 Å². The van der Waals surface area contributed by atoms with Crippen molar-refractivity contribution in [3.8, 4) is 0 Å². The Bertz CT molecular complexity index is 484. The first kappa shape index (κ1) is 16.4. The number of aromatic nitrogens is 1. The Balaban J connectivity index is 2.20. The minimum atomic E-state index is -0.237. The van der Waals surface area contributed by atoms with Crippen LogP contribution in [0.1, 0.15) is 66.8 Å². The maximum Gasteiger partial charge on any atom is 0.277 e. The van der Waals surface area contributed by atoms with Crippen LogP contribution in [0.15, 0.2) is 0 Å². The Kier molecular flexibility index (Phi) is 5.35. The number of carbonyl (C=O) groups is 1. The van der Waals surface area contributed by atoms with Gasteiger partial charge in [0.2, 0.25) is 0 Å².